The van der Waals surface area contributed by atoms with Crippen LogP contribution in [0.4, 0.5) is 0 Å². The van der Waals surface area contributed by atoms with Crippen LogP contribution in [0.3, 0.4) is 0 Å². The smallest absolute Gasteiger partial charge is 0.342 e. The lowest BCUT2D eigenvalue weighted by molar-refractivity contribution is 0.0589. The van der Waals surface area contributed by atoms with Gasteiger partial charge in [0.15, 0.2) is 0 Å². The Balaban J connectivity index is 1.75. The highest BCUT2D eigenvalue weighted by Crippen LogP contribution is 2.40. The van der Waals surface area contributed by atoms with E-state index in [4.69, 9.17) is 9.47 Å². The van der Waals surface area contributed by atoms with Crippen molar-refractivity contribution >= 4 is 23.7 Å². The summed E-state index contributed by atoms with van der Waals surface area (Å²) in [6.45, 7) is 0. The van der Waals surface area contributed by atoms with Crippen molar-refractivity contribution in [3.63, 3.8) is 0 Å². The molecule has 0 fully saturated rings. The van der Waals surface area contributed by atoms with Crippen molar-refractivity contribution in [1.29, 1.82) is 0 Å². The first-order valence-electron chi connectivity index (χ1n) is 12.6. The molecule has 5 rings (SSSR count). The van der Waals surface area contributed by atoms with Crippen LogP contribution in [0.2, 0.25) is 0 Å². The highest BCUT2D eigenvalue weighted by molar-refractivity contribution is 7.98. The van der Waals surface area contributed by atoms with Crippen LogP contribution in [0.15, 0.2) is 102 Å². The molecule has 8 heteroatoms. The van der Waals surface area contributed by atoms with Gasteiger partial charge < -0.3 is 14.6 Å². The number of hydrogen-bond acceptors (Lipinski definition) is 8. The number of benzene rings is 3. The summed E-state index contributed by atoms with van der Waals surface area (Å²) in [7, 11) is 2.63. The molecule has 0 saturated heterocycles. The molecule has 3 aromatic carbocycles. The number of carbonyl (C=O) groups is 2. The van der Waals surface area contributed by atoms with E-state index in [-0.39, 0.29) is 11.3 Å². The summed E-state index contributed by atoms with van der Waals surface area (Å²) >= 11 is 1.45. The number of rotatable bonds is 7. The summed E-state index contributed by atoms with van der Waals surface area (Å²) < 4.78 is 10.2. The summed E-state index contributed by atoms with van der Waals surface area (Å²) in [5.41, 5.74) is 6.25. The van der Waals surface area contributed by atoms with Gasteiger partial charge in [-0.15, -0.1) is 11.8 Å². The van der Waals surface area contributed by atoms with Crippen LogP contribution in [-0.4, -0.2) is 47.5 Å². The van der Waals surface area contributed by atoms with Gasteiger partial charge in [0.1, 0.15) is 11.3 Å². The normalized spacial score (nSPS) is 10.7. The molecule has 1 N–H and O–H groups in total. The van der Waals surface area contributed by atoms with Crippen LogP contribution < -0.4 is 0 Å². The molecule has 0 radical (unpaired) electrons. The van der Waals surface area contributed by atoms with E-state index in [0.29, 0.717) is 27.8 Å². The van der Waals surface area contributed by atoms with E-state index in [2.05, 4.69) is 9.97 Å². The average molecular weight is 563 g/mol. The third-order valence-electron chi connectivity index (χ3n) is 6.69. The third-order valence-corrected chi connectivity index (χ3v) is 7.45. The van der Waals surface area contributed by atoms with E-state index in [1.54, 1.807) is 30.9 Å². The molecule has 2 aromatic heterocycles. The van der Waals surface area contributed by atoms with Crippen LogP contribution in [-0.2, 0) is 9.47 Å². The van der Waals surface area contributed by atoms with Gasteiger partial charge in [-0.2, -0.15) is 0 Å². The zero-order chi connectivity index (χ0) is 28.9. The second kappa shape index (κ2) is 12.1. The Hall–Kier alpha value is -4.95. The zero-order valence-corrected chi connectivity index (χ0v) is 23.4. The lowest BCUT2D eigenvalue weighted by Gasteiger charge is -2.17. The van der Waals surface area contributed by atoms with E-state index in [1.807, 2.05) is 66.9 Å². The highest BCUT2D eigenvalue weighted by atomic mass is 32.2. The number of phenolic OH excluding ortho intramolecular Hbond substituents is 1. The largest absolute Gasteiger partial charge is 0.507 e. The van der Waals surface area contributed by atoms with Crippen molar-refractivity contribution in [2.45, 2.75) is 4.90 Å². The van der Waals surface area contributed by atoms with Crippen LogP contribution in [0.5, 0.6) is 5.75 Å². The third kappa shape index (κ3) is 5.55. The molecule has 0 aliphatic rings. The number of carbonyl (C=O) groups excluding carboxylic acids is 2. The Morgan fingerprint density at radius 2 is 1.17 bits per heavy atom. The minimum absolute atomic E-state index is 0.0411. The number of methoxy groups -OCH3 is 2. The van der Waals surface area contributed by atoms with Crippen molar-refractivity contribution < 1.29 is 24.2 Å². The second-order valence-corrected chi connectivity index (χ2v) is 9.91. The number of nitrogens with zero attached hydrogens (tertiary/aromatic N) is 2. The molecule has 0 amide bonds. The van der Waals surface area contributed by atoms with Gasteiger partial charge in [-0.3, -0.25) is 9.97 Å². The molecule has 204 valence electrons. The van der Waals surface area contributed by atoms with Crippen molar-refractivity contribution in [3.05, 3.63) is 109 Å². The van der Waals surface area contributed by atoms with Gasteiger partial charge in [0.25, 0.3) is 0 Å². The molecule has 0 unspecified atom stereocenters. The predicted octanol–water partition coefficient (Wildman–Crippen LogP) is 7.15. The Kier molecular flexibility index (Phi) is 8.12. The second-order valence-electron chi connectivity index (χ2n) is 9.07. The maximum atomic E-state index is 13.1. The van der Waals surface area contributed by atoms with E-state index < -0.39 is 11.9 Å². The highest BCUT2D eigenvalue weighted by Gasteiger charge is 2.23. The van der Waals surface area contributed by atoms with Crippen molar-refractivity contribution in [3.8, 4) is 50.3 Å². The Labute approximate surface area is 241 Å². The predicted molar refractivity (Wildman–Crippen MR) is 160 cm³/mol. The molecule has 41 heavy (non-hydrogen) atoms. The molecule has 0 atom stereocenters. The number of aromatic nitrogens is 2. The van der Waals surface area contributed by atoms with Gasteiger partial charge in [0, 0.05) is 46.4 Å². The molecule has 0 aliphatic heterocycles. The molecular formula is C33H26N2O5S. The number of hydrogen-bond donors (Lipinski definition) is 1. The fourth-order valence-corrected chi connectivity index (χ4v) is 5.38. The Morgan fingerprint density at radius 1 is 0.659 bits per heavy atom. The SMILES string of the molecule is COC(=O)c1c(O)cc(-c2cccnc2)cc1-c1cccc(-c2cc(-c3cccnc3)cc(SC)c2C(=O)OC)c1. The molecule has 0 aliphatic carbocycles. The lowest BCUT2D eigenvalue weighted by Crippen LogP contribution is -2.07. The summed E-state index contributed by atoms with van der Waals surface area (Å²) in [5.74, 6) is -1.34. The van der Waals surface area contributed by atoms with Gasteiger partial charge in [-0.05, 0) is 76.5 Å². The standard InChI is InChI=1S/C33H26N2O5S/c1-39-32(37)30-26(14-24(16-28(30)36)22-9-5-11-34-18-22)20-7-4-8-21(13-20)27-15-25(23-10-6-12-35-19-23)17-29(41-3)31(27)33(38)40-2/h4-19,36H,1-3H3. The van der Waals surface area contributed by atoms with Crippen LogP contribution in [0.1, 0.15) is 20.7 Å². The zero-order valence-electron chi connectivity index (χ0n) is 22.6. The summed E-state index contributed by atoms with van der Waals surface area (Å²) in [6, 6.07) is 22.2. The number of esters is 2. The van der Waals surface area contributed by atoms with Crippen LogP contribution in [0, 0.1) is 0 Å². The maximum Gasteiger partial charge on any atom is 0.342 e. The van der Waals surface area contributed by atoms with Crippen molar-refractivity contribution in [1.82, 2.24) is 9.97 Å². The molecule has 5 aromatic rings. The van der Waals surface area contributed by atoms with Crippen molar-refractivity contribution in [2.24, 2.45) is 0 Å². The Bertz CT molecular complexity index is 1740. The minimum atomic E-state index is -0.667. The first kappa shape index (κ1) is 27.6. The van der Waals surface area contributed by atoms with E-state index in [0.717, 1.165) is 27.1 Å². The number of thioether (sulfide) groups is 1. The molecule has 2 heterocycles. The summed E-state index contributed by atoms with van der Waals surface area (Å²) in [4.78, 5) is 35.1. The van der Waals surface area contributed by atoms with E-state index >= 15 is 0 Å². The van der Waals surface area contributed by atoms with Gasteiger partial charge in [-0.1, -0.05) is 30.3 Å². The lowest BCUT2D eigenvalue weighted by atomic mass is 9.90. The van der Waals surface area contributed by atoms with Crippen molar-refractivity contribution in [2.75, 3.05) is 20.5 Å². The number of aromatic hydroxyl groups is 1. The average Bonchev–Trinajstić information content (AvgIpc) is 3.03. The quantitative estimate of drug-likeness (QED) is 0.165. The molecule has 0 spiro atoms. The molecule has 7 nitrogen and oxygen atoms in total. The first-order valence-corrected chi connectivity index (χ1v) is 13.8. The topological polar surface area (TPSA) is 98.6 Å². The van der Waals surface area contributed by atoms with E-state index in [9.17, 15) is 14.7 Å². The van der Waals surface area contributed by atoms with Gasteiger partial charge >= 0.3 is 11.9 Å². The van der Waals surface area contributed by atoms with E-state index in [1.165, 1.54) is 32.0 Å². The summed E-state index contributed by atoms with van der Waals surface area (Å²) in [6.07, 6.45) is 8.73. The monoisotopic (exact) mass is 562 g/mol. The minimum Gasteiger partial charge on any atom is -0.507 e. The number of pyridine rings is 2. The fourth-order valence-electron chi connectivity index (χ4n) is 4.74. The van der Waals surface area contributed by atoms with Gasteiger partial charge in [0.2, 0.25) is 0 Å². The maximum absolute atomic E-state index is 13.1. The van der Waals surface area contributed by atoms with Crippen LogP contribution >= 0.6 is 11.8 Å². The fraction of sp³-hybridized carbons (Fsp3) is 0.0909. The molecular weight excluding hydrogens is 536 g/mol. The number of phenols is 1. The van der Waals surface area contributed by atoms with Gasteiger partial charge in [0.05, 0.1) is 19.8 Å². The summed E-state index contributed by atoms with van der Waals surface area (Å²) in [5, 5.41) is 11.0. The number of ether oxygens (including phenoxy) is 2. The molecule has 0 saturated carbocycles. The Morgan fingerprint density at radius 3 is 1.68 bits per heavy atom. The van der Waals surface area contributed by atoms with Gasteiger partial charge in [-0.25, -0.2) is 9.59 Å². The molecule has 0 bridgehead atoms. The van der Waals surface area contributed by atoms with Crippen LogP contribution in [0.25, 0.3) is 44.5 Å². The first-order chi connectivity index (χ1) is 19.9.